The molecular formula is C50H78Cl2N6O14. The zero-order valence-corrected chi connectivity index (χ0v) is 45.7. The number of benzene rings is 1. The van der Waals surface area contributed by atoms with Gasteiger partial charge in [0, 0.05) is 48.1 Å². The van der Waals surface area contributed by atoms with E-state index in [2.05, 4.69) is 15.6 Å². The monoisotopic (exact) mass is 1060 g/mol. The number of ether oxygens (including phenoxy) is 9. The van der Waals surface area contributed by atoms with Gasteiger partial charge < -0.3 is 63.1 Å². The first-order valence-electron chi connectivity index (χ1n) is 25.0. The predicted molar refractivity (Wildman–Crippen MR) is 264 cm³/mol. The van der Waals surface area contributed by atoms with Crippen LogP contribution in [0.2, 0.25) is 10.0 Å². The highest BCUT2D eigenvalue weighted by Crippen LogP contribution is 2.42. The number of cyclic esters (lactones) is 1. The summed E-state index contributed by atoms with van der Waals surface area (Å²) in [6, 6.07) is 4.47. The minimum Gasteiger partial charge on any atom is -0.458 e. The Bertz CT molecular complexity index is 2170. The van der Waals surface area contributed by atoms with Gasteiger partial charge >= 0.3 is 18.2 Å². The molecule has 0 spiro atoms. The van der Waals surface area contributed by atoms with E-state index in [0.717, 1.165) is 5.56 Å². The van der Waals surface area contributed by atoms with Crippen molar-refractivity contribution in [1.29, 1.82) is 0 Å². The molecule has 6 rings (SSSR count). The topological polar surface area (TPSA) is 224 Å². The summed E-state index contributed by atoms with van der Waals surface area (Å²) in [5.74, 6) is -2.75. The van der Waals surface area contributed by atoms with Crippen LogP contribution < -0.4 is 5.32 Å². The van der Waals surface area contributed by atoms with Crippen molar-refractivity contribution in [3.8, 4) is 0 Å². The van der Waals surface area contributed by atoms with Crippen molar-refractivity contribution in [2.75, 3.05) is 34.8 Å². The summed E-state index contributed by atoms with van der Waals surface area (Å²) < 4.78 is 58.4. The summed E-state index contributed by atoms with van der Waals surface area (Å²) in [5, 5.41) is 36.7. The number of halogens is 2. The summed E-state index contributed by atoms with van der Waals surface area (Å²) in [7, 11) is 7.16. The summed E-state index contributed by atoms with van der Waals surface area (Å²) in [5.41, 5.74) is -2.91. The van der Waals surface area contributed by atoms with E-state index in [0.29, 0.717) is 35.2 Å². The molecule has 2 aromatic rings. The van der Waals surface area contributed by atoms with Gasteiger partial charge in [0.2, 0.25) is 0 Å². The molecule has 1 aromatic heterocycles. The van der Waals surface area contributed by atoms with Gasteiger partial charge in [0.25, 0.3) is 0 Å². The van der Waals surface area contributed by atoms with Crippen LogP contribution in [0.1, 0.15) is 106 Å². The van der Waals surface area contributed by atoms with Gasteiger partial charge in [0.1, 0.15) is 23.5 Å². The van der Waals surface area contributed by atoms with E-state index in [1.165, 1.54) is 7.11 Å². The van der Waals surface area contributed by atoms with E-state index in [-0.39, 0.29) is 43.9 Å². The molecule has 0 saturated carbocycles. The van der Waals surface area contributed by atoms with E-state index in [9.17, 15) is 24.6 Å². The van der Waals surface area contributed by atoms with Crippen molar-refractivity contribution in [1.82, 2.24) is 30.1 Å². The van der Waals surface area contributed by atoms with Gasteiger partial charge in [-0.05, 0) is 112 Å². The van der Waals surface area contributed by atoms with Crippen LogP contribution in [0.3, 0.4) is 0 Å². The molecular weight excluding hydrogens is 979 g/mol. The van der Waals surface area contributed by atoms with E-state index in [1.54, 1.807) is 63.7 Å². The summed E-state index contributed by atoms with van der Waals surface area (Å²) in [6.07, 6.45) is -8.22. The Kier molecular flexibility index (Phi) is 19.0. The summed E-state index contributed by atoms with van der Waals surface area (Å²) >= 11 is 12.4. The number of aromatic nitrogens is 3. The maximum absolute atomic E-state index is 14.8. The van der Waals surface area contributed by atoms with Gasteiger partial charge in [0.15, 0.2) is 30.4 Å². The standard InChI is InChI=1S/C50H78Cl2N6O14/c1-15-37-50(10)42(71-47(62)72-50)30(6)57(13)23-26(2)20-48(8,63)41(69-45-39(59)36(56(11)12)18-27(3)65-45)28(4)40(29(5)44(60)67-37)68-38-21-49(9,64-14)43(31(7)66-38)70-46(61)53-22-34-25-58(55-54-34)24-32-16-17-33(51)19-35(32)52/h16-17,19,25-31,36-43,45,59,63H,15,18,20-24H2,1-14H3,(H,53,61)/t26-,27-,28+,29-,30-,31+,36+,37-,38+,39-,40+,41-,42-,43+,45+,48-,49-,50-/m1/s1. The number of esters is 1. The highest BCUT2D eigenvalue weighted by molar-refractivity contribution is 6.35. The number of fused-ring (bicyclic) bond motifs is 1. The Morgan fingerprint density at radius 1 is 1.01 bits per heavy atom. The highest BCUT2D eigenvalue weighted by Gasteiger charge is 2.58. The minimum atomic E-state index is -1.62. The molecule has 18 atom stereocenters. The molecule has 4 aliphatic heterocycles. The van der Waals surface area contributed by atoms with Crippen molar-refractivity contribution in [3.63, 3.8) is 0 Å². The number of nitrogens with one attached hydrogen (secondary N) is 1. The fourth-order valence-electron chi connectivity index (χ4n) is 11.2. The first-order valence-corrected chi connectivity index (χ1v) is 25.8. The average molecular weight is 1060 g/mol. The molecule has 4 aliphatic rings. The molecule has 0 radical (unpaired) electrons. The zero-order valence-electron chi connectivity index (χ0n) is 44.2. The lowest BCUT2D eigenvalue weighted by atomic mass is 9.77. The largest absolute Gasteiger partial charge is 0.509 e. The molecule has 406 valence electrons. The number of hydrogen-bond acceptors (Lipinski definition) is 18. The van der Waals surface area contributed by atoms with Gasteiger partial charge in [0.05, 0.1) is 55.2 Å². The lowest BCUT2D eigenvalue weighted by Gasteiger charge is -2.49. The van der Waals surface area contributed by atoms with Crippen molar-refractivity contribution < 1.29 is 67.2 Å². The number of methoxy groups -OCH3 is 1. The van der Waals surface area contributed by atoms with Crippen LogP contribution in [0.25, 0.3) is 0 Å². The number of aliphatic hydroxyl groups is 2. The maximum Gasteiger partial charge on any atom is 0.509 e. The molecule has 4 saturated heterocycles. The van der Waals surface area contributed by atoms with Gasteiger partial charge in [-0.1, -0.05) is 55.3 Å². The van der Waals surface area contributed by atoms with Crippen molar-refractivity contribution in [2.24, 2.45) is 17.8 Å². The molecule has 22 heteroatoms. The van der Waals surface area contributed by atoms with Gasteiger partial charge in [-0.3, -0.25) is 9.69 Å². The van der Waals surface area contributed by atoms with Crippen LogP contribution in [-0.4, -0.2) is 178 Å². The number of hydrogen-bond donors (Lipinski definition) is 3. The molecule has 0 unspecified atom stereocenters. The van der Waals surface area contributed by atoms with Crippen LogP contribution in [-0.2, 0) is 60.5 Å². The van der Waals surface area contributed by atoms with Crippen molar-refractivity contribution >= 4 is 41.4 Å². The SMILES string of the molecule is CC[C@H]1OC(=O)[C@H](C)[C@@H](O[C@H]2C[C@@](C)(OC)[C@@H](OC(=O)NCc3cn(Cc4ccc(Cl)cc4Cl)nn3)[C@H](C)O2)[C@H](C)[C@@H](O[C@@H]2O[C@H](C)C[C@H](N(C)C)[C@H]2O)[C@](C)(O)C[C@@H](C)CN(C)[C@H](C)[C@H]2OC(=O)O[C@@]21C. The Morgan fingerprint density at radius 2 is 1.72 bits per heavy atom. The number of carbonyl (C=O) groups excluding carboxylic acids is 3. The molecule has 3 N–H and O–H groups in total. The third-order valence-electron chi connectivity index (χ3n) is 15.2. The number of aliphatic hydroxyl groups excluding tert-OH is 1. The Hall–Kier alpha value is -3.41. The van der Waals surface area contributed by atoms with E-state index in [4.69, 9.17) is 65.8 Å². The third kappa shape index (κ3) is 13.2. The van der Waals surface area contributed by atoms with Gasteiger partial charge in [-0.2, -0.15) is 0 Å². The number of likely N-dealkylation sites (N-methyl/N-ethyl adjacent to an activating group) is 2. The minimum absolute atomic E-state index is 0.00540. The molecule has 1 aromatic carbocycles. The second-order valence-electron chi connectivity index (χ2n) is 21.4. The van der Waals surface area contributed by atoms with E-state index >= 15 is 0 Å². The molecule has 0 bridgehead atoms. The lowest BCUT2D eigenvalue weighted by molar-refractivity contribution is -0.317. The number of amides is 1. The second-order valence-corrected chi connectivity index (χ2v) is 22.3. The second kappa shape index (κ2) is 23.6. The lowest BCUT2D eigenvalue weighted by Crippen LogP contribution is -2.61. The fourth-order valence-corrected chi connectivity index (χ4v) is 11.7. The summed E-state index contributed by atoms with van der Waals surface area (Å²) in [4.78, 5) is 45.1. The number of nitrogens with zero attached hydrogens (tertiary/aromatic N) is 5. The van der Waals surface area contributed by atoms with E-state index < -0.39 is 108 Å². The Morgan fingerprint density at radius 3 is 2.38 bits per heavy atom. The van der Waals surface area contributed by atoms with Gasteiger partial charge in [-0.25, -0.2) is 14.3 Å². The van der Waals surface area contributed by atoms with Crippen LogP contribution in [0.4, 0.5) is 9.59 Å². The number of rotatable bonds is 12. The number of alkyl carbamates (subject to hydrolysis) is 1. The number of carbonyl (C=O) groups is 3. The van der Waals surface area contributed by atoms with Crippen LogP contribution >= 0.6 is 23.2 Å². The quantitative estimate of drug-likeness (QED) is 0.165. The maximum atomic E-state index is 14.8. The fraction of sp³-hybridized carbons (Fsp3) is 0.780. The van der Waals surface area contributed by atoms with Crippen LogP contribution in [0, 0.1) is 17.8 Å². The first-order chi connectivity index (χ1) is 33.7. The van der Waals surface area contributed by atoms with Crippen LogP contribution in [0.15, 0.2) is 24.4 Å². The smallest absolute Gasteiger partial charge is 0.458 e. The molecule has 4 fully saturated rings. The first kappa shape index (κ1) is 57.9. The Balaban J connectivity index is 1.27. The molecule has 20 nitrogen and oxygen atoms in total. The Labute approximate surface area is 433 Å². The van der Waals surface area contributed by atoms with Crippen molar-refractivity contribution in [3.05, 3.63) is 45.7 Å². The molecule has 72 heavy (non-hydrogen) atoms. The molecule has 1 amide bonds. The van der Waals surface area contributed by atoms with E-state index in [1.807, 2.05) is 65.6 Å². The molecule has 0 aliphatic carbocycles. The summed E-state index contributed by atoms with van der Waals surface area (Å²) in [6.45, 7) is 18.9. The van der Waals surface area contributed by atoms with Crippen LogP contribution in [0.5, 0.6) is 0 Å². The zero-order chi connectivity index (χ0) is 53.2. The van der Waals surface area contributed by atoms with Crippen molar-refractivity contribution in [2.45, 2.75) is 198 Å². The normalized spacial score (nSPS) is 39.5. The van der Waals surface area contributed by atoms with Gasteiger partial charge in [-0.15, -0.1) is 5.10 Å². The average Bonchev–Trinajstić information content (AvgIpc) is 3.89. The third-order valence-corrected chi connectivity index (χ3v) is 15.8. The molecule has 5 heterocycles. The highest BCUT2D eigenvalue weighted by atomic mass is 35.5. The predicted octanol–water partition coefficient (Wildman–Crippen LogP) is 5.96.